The number of aliphatic hydroxyl groups is 1. The first-order valence-corrected chi connectivity index (χ1v) is 5.88. The van der Waals surface area contributed by atoms with E-state index in [9.17, 15) is 22.7 Å². The van der Waals surface area contributed by atoms with Crippen molar-refractivity contribution in [1.82, 2.24) is 0 Å². The first-order chi connectivity index (χ1) is 9.23. The van der Waals surface area contributed by atoms with Crippen LogP contribution in [0.25, 0.3) is 0 Å². The van der Waals surface area contributed by atoms with Crippen LogP contribution in [0.1, 0.15) is 23.6 Å². The van der Waals surface area contributed by atoms with Crippen molar-refractivity contribution in [1.29, 1.82) is 0 Å². The van der Waals surface area contributed by atoms with Gasteiger partial charge >= 0.3 is 6.18 Å². The second-order valence-electron chi connectivity index (χ2n) is 4.63. The van der Waals surface area contributed by atoms with E-state index < -0.39 is 23.2 Å². The molecule has 5 heteroatoms. The fraction of sp³-hybridized carbons (Fsp3) is 0.200. The van der Waals surface area contributed by atoms with Crippen molar-refractivity contribution in [3.8, 4) is 0 Å². The molecule has 0 aliphatic heterocycles. The molecule has 1 N–H and O–H groups in total. The fourth-order valence-corrected chi connectivity index (χ4v) is 1.98. The quantitative estimate of drug-likeness (QED) is 0.823. The Balaban J connectivity index is 2.47. The normalized spacial score (nSPS) is 14.9. The Labute approximate surface area is 113 Å². The van der Waals surface area contributed by atoms with E-state index in [1.165, 1.54) is 6.92 Å². The molecule has 0 heterocycles. The number of alkyl halides is 3. The van der Waals surface area contributed by atoms with Crippen molar-refractivity contribution >= 4 is 0 Å². The van der Waals surface area contributed by atoms with E-state index in [2.05, 4.69) is 0 Å². The molecule has 0 amide bonds. The first kappa shape index (κ1) is 14.5. The van der Waals surface area contributed by atoms with Crippen LogP contribution in [0.3, 0.4) is 0 Å². The van der Waals surface area contributed by atoms with Gasteiger partial charge < -0.3 is 5.11 Å². The Morgan fingerprint density at radius 2 is 1.50 bits per heavy atom. The summed E-state index contributed by atoms with van der Waals surface area (Å²) in [5, 5.41) is 10.4. The summed E-state index contributed by atoms with van der Waals surface area (Å²) in [5.74, 6) is -1.40. The molecule has 0 aromatic heterocycles. The smallest absolute Gasteiger partial charge is 0.381 e. The predicted octanol–water partition coefficient (Wildman–Crippen LogP) is 4.10. The largest absolute Gasteiger partial charge is 0.419 e. The minimum absolute atomic E-state index is 0.0641. The highest BCUT2D eigenvalue weighted by Gasteiger charge is 2.35. The highest BCUT2D eigenvalue weighted by molar-refractivity contribution is 5.37. The lowest BCUT2D eigenvalue weighted by Crippen LogP contribution is -2.23. The van der Waals surface area contributed by atoms with Crippen LogP contribution in [0.15, 0.2) is 48.5 Å². The van der Waals surface area contributed by atoms with Gasteiger partial charge in [0.05, 0.1) is 5.56 Å². The third kappa shape index (κ3) is 2.67. The van der Waals surface area contributed by atoms with Gasteiger partial charge in [0.1, 0.15) is 11.4 Å². The second-order valence-corrected chi connectivity index (χ2v) is 4.63. The number of hydrogen-bond acceptors (Lipinski definition) is 1. The van der Waals surface area contributed by atoms with Crippen LogP contribution in [0.2, 0.25) is 0 Å². The zero-order valence-electron chi connectivity index (χ0n) is 10.6. The van der Waals surface area contributed by atoms with E-state index in [0.29, 0.717) is 11.6 Å². The maximum absolute atomic E-state index is 13.6. The van der Waals surface area contributed by atoms with Crippen LogP contribution < -0.4 is 0 Å². The summed E-state index contributed by atoms with van der Waals surface area (Å²) in [5.41, 5.74) is -2.37. The van der Waals surface area contributed by atoms with Crippen molar-refractivity contribution in [3.63, 3.8) is 0 Å². The van der Waals surface area contributed by atoms with Crippen molar-refractivity contribution in [3.05, 3.63) is 71.0 Å². The van der Waals surface area contributed by atoms with E-state index in [-0.39, 0.29) is 5.56 Å². The summed E-state index contributed by atoms with van der Waals surface area (Å²) in [7, 11) is 0. The molecule has 0 aliphatic rings. The standard InChI is InChI=1S/C15H12F4O/c1-14(20,10-5-3-2-4-6-10)11-7-8-12(13(16)9-11)15(17,18)19/h2-9,20H,1H3. The van der Waals surface area contributed by atoms with E-state index >= 15 is 0 Å². The van der Waals surface area contributed by atoms with Gasteiger partial charge in [-0.2, -0.15) is 13.2 Å². The van der Waals surface area contributed by atoms with Gasteiger partial charge in [0.25, 0.3) is 0 Å². The number of hydrogen-bond donors (Lipinski definition) is 1. The van der Waals surface area contributed by atoms with Crippen molar-refractivity contribution in [2.24, 2.45) is 0 Å². The molecule has 1 unspecified atom stereocenters. The van der Waals surface area contributed by atoms with Crippen LogP contribution in [0.4, 0.5) is 17.6 Å². The van der Waals surface area contributed by atoms with E-state index in [1.54, 1.807) is 30.3 Å². The lowest BCUT2D eigenvalue weighted by molar-refractivity contribution is -0.140. The molecule has 0 fully saturated rings. The fourth-order valence-electron chi connectivity index (χ4n) is 1.98. The predicted molar refractivity (Wildman–Crippen MR) is 66.5 cm³/mol. The molecule has 1 atom stereocenters. The molecule has 1 nitrogen and oxygen atoms in total. The van der Waals surface area contributed by atoms with Crippen LogP contribution in [0, 0.1) is 5.82 Å². The molecule has 0 bridgehead atoms. The Morgan fingerprint density at radius 3 is 2.00 bits per heavy atom. The van der Waals surface area contributed by atoms with Gasteiger partial charge in [-0.15, -0.1) is 0 Å². The van der Waals surface area contributed by atoms with E-state index in [4.69, 9.17) is 0 Å². The third-order valence-corrected chi connectivity index (χ3v) is 3.17. The van der Waals surface area contributed by atoms with Crippen LogP contribution >= 0.6 is 0 Å². The molecule has 0 saturated carbocycles. The molecule has 0 aliphatic carbocycles. The summed E-state index contributed by atoms with van der Waals surface area (Å²) in [6.45, 7) is 1.41. The van der Waals surface area contributed by atoms with Gasteiger partial charge in [-0.05, 0) is 30.2 Å². The summed E-state index contributed by atoms with van der Waals surface area (Å²) in [6, 6.07) is 10.8. The SMILES string of the molecule is CC(O)(c1ccccc1)c1ccc(C(F)(F)F)c(F)c1. The number of halogens is 4. The molecular formula is C15H12F4O. The lowest BCUT2D eigenvalue weighted by Gasteiger charge is -2.25. The lowest BCUT2D eigenvalue weighted by atomic mass is 9.87. The molecule has 0 radical (unpaired) electrons. The van der Waals surface area contributed by atoms with Gasteiger partial charge in [0.2, 0.25) is 0 Å². The van der Waals surface area contributed by atoms with Crippen molar-refractivity contribution in [2.45, 2.75) is 18.7 Å². The minimum atomic E-state index is -4.75. The average Bonchev–Trinajstić information content (AvgIpc) is 2.38. The number of rotatable bonds is 2. The summed E-state index contributed by atoms with van der Waals surface area (Å²) < 4.78 is 51.1. The first-order valence-electron chi connectivity index (χ1n) is 5.88. The van der Waals surface area contributed by atoms with E-state index in [0.717, 1.165) is 12.1 Å². The minimum Gasteiger partial charge on any atom is -0.381 e. The van der Waals surface area contributed by atoms with Crippen LogP contribution in [0.5, 0.6) is 0 Å². The molecule has 2 aromatic rings. The molecule has 2 rings (SSSR count). The Morgan fingerprint density at radius 1 is 0.900 bits per heavy atom. The molecule has 106 valence electrons. The summed E-state index contributed by atoms with van der Waals surface area (Å²) in [4.78, 5) is 0. The van der Waals surface area contributed by atoms with Gasteiger partial charge in [-0.3, -0.25) is 0 Å². The Hall–Kier alpha value is -1.88. The molecule has 0 spiro atoms. The van der Waals surface area contributed by atoms with Gasteiger partial charge in [-0.1, -0.05) is 36.4 Å². The maximum Gasteiger partial charge on any atom is 0.419 e. The molecular weight excluding hydrogens is 272 g/mol. The summed E-state index contributed by atoms with van der Waals surface area (Å²) >= 11 is 0. The maximum atomic E-state index is 13.6. The average molecular weight is 284 g/mol. The zero-order chi connectivity index (χ0) is 15.0. The van der Waals surface area contributed by atoms with Crippen molar-refractivity contribution in [2.75, 3.05) is 0 Å². The Kier molecular flexibility index (Phi) is 3.56. The zero-order valence-corrected chi connectivity index (χ0v) is 10.6. The number of benzene rings is 2. The third-order valence-electron chi connectivity index (χ3n) is 3.17. The monoisotopic (exact) mass is 284 g/mol. The topological polar surface area (TPSA) is 20.2 Å². The van der Waals surface area contributed by atoms with Gasteiger partial charge in [0.15, 0.2) is 0 Å². The van der Waals surface area contributed by atoms with E-state index in [1.807, 2.05) is 0 Å². The molecule has 20 heavy (non-hydrogen) atoms. The molecule has 0 saturated heterocycles. The highest BCUT2D eigenvalue weighted by Crippen LogP contribution is 2.35. The van der Waals surface area contributed by atoms with Crippen LogP contribution in [-0.2, 0) is 11.8 Å². The highest BCUT2D eigenvalue weighted by atomic mass is 19.4. The molecule has 2 aromatic carbocycles. The van der Waals surface area contributed by atoms with Gasteiger partial charge in [-0.25, -0.2) is 4.39 Å². The van der Waals surface area contributed by atoms with Gasteiger partial charge in [0, 0.05) is 0 Å². The summed E-state index contributed by atoms with van der Waals surface area (Å²) in [6.07, 6.45) is -4.75. The Bertz CT molecular complexity index is 603. The van der Waals surface area contributed by atoms with Crippen LogP contribution in [-0.4, -0.2) is 5.11 Å². The van der Waals surface area contributed by atoms with Crippen molar-refractivity contribution < 1.29 is 22.7 Å². The second kappa shape index (κ2) is 4.90.